The van der Waals surface area contributed by atoms with Gasteiger partial charge in [-0.05, 0) is 44.4 Å². The van der Waals surface area contributed by atoms with Crippen LogP contribution in [0.1, 0.15) is 57.8 Å². The lowest BCUT2D eigenvalue weighted by Gasteiger charge is -2.35. The second kappa shape index (κ2) is 7.57. The highest BCUT2D eigenvalue weighted by molar-refractivity contribution is 5.89. The topological polar surface area (TPSA) is 69.7 Å². The Kier molecular flexibility index (Phi) is 5.18. The molecule has 3 amide bonds. The van der Waals surface area contributed by atoms with E-state index >= 15 is 0 Å². The normalized spacial score (nSPS) is 28.0. The summed E-state index contributed by atoms with van der Waals surface area (Å²) >= 11 is 0. The molecule has 1 N–H and O–H groups in total. The van der Waals surface area contributed by atoms with E-state index in [1.807, 2.05) is 9.80 Å². The first kappa shape index (κ1) is 17.8. The molecule has 26 heavy (non-hydrogen) atoms. The summed E-state index contributed by atoms with van der Waals surface area (Å²) in [6.45, 7) is 2.97. The third-order valence-corrected chi connectivity index (χ3v) is 6.62. The van der Waals surface area contributed by atoms with Gasteiger partial charge in [-0.1, -0.05) is 12.8 Å². The minimum Gasteiger partial charge on any atom is -0.353 e. The van der Waals surface area contributed by atoms with Crippen LogP contribution in [0, 0.1) is 17.8 Å². The Labute approximate surface area is 155 Å². The molecule has 0 spiro atoms. The van der Waals surface area contributed by atoms with E-state index in [0.717, 1.165) is 58.2 Å². The number of carbonyl (C=O) groups is 3. The highest BCUT2D eigenvalue weighted by Gasteiger charge is 2.38. The van der Waals surface area contributed by atoms with Crippen LogP contribution in [0.25, 0.3) is 0 Å². The minimum absolute atomic E-state index is 0.0559. The maximum atomic E-state index is 12.5. The quantitative estimate of drug-likeness (QED) is 0.808. The molecule has 2 heterocycles. The van der Waals surface area contributed by atoms with Gasteiger partial charge in [-0.15, -0.1) is 0 Å². The summed E-state index contributed by atoms with van der Waals surface area (Å²) in [7, 11) is 0. The Balaban J connectivity index is 1.22. The number of carbonyl (C=O) groups excluding carboxylic acids is 3. The smallest absolute Gasteiger partial charge is 0.225 e. The van der Waals surface area contributed by atoms with E-state index < -0.39 is 0 Å². The van der Waals surface area contributed by atoms with Gasteiger partial charge < -0.3 is 15.1 Å². The maximum absolute atomic E-state index is 12.5. The number of likely N-dealkylation sites (tertiary alicyclic amines) is 2. The van der Waals surface area contributed by atoms with Gasteiger partial charge in [0.15, 0.2) is 0 Å². The molecule has 0 aromatic heterocycles. The second-order valence-corrected chi connectivity index (χ2v) is 8.73. The molecule has 2 aliphatic carbocycles. The van der Waals surface area contributed by atoms with Crippen LogP contribution in [0.15, 0.2) is 0 Å². The first-order valence-electron chi connectivity index (χ1n) is 10.5. The molecule has 4 rings (SSSR count). The molecule has 4 fully saturated rings. The summed E-state index contributed by atoms with van der Waals surface area (Å²) in [5.74, 6) is 1.07. The fraction of sp³-hybridized carbons (Fsp3) is 0.850. The van der Waals surface area contributed by atoms with Crippen molar-refractivity contribution >= 4 is 17.7 Å². The molecular formula is C20H31N3O3. The number of nitrogens with one attached hydrogen (secondary N) is 1. The third kappa shape index (κ3) is 4.04. The summed E-state index contributed by atoms with van der Waals surface area (Å²) in [5.41, 5.74) is 0. The van der Waals surface area contributed by atoms with Gasteiger partial charge >= 0.3 is 0 Å². The van der Waals surface area contributed by atoms with E-state index in [0.29, 0.717) is 30.8 Å². The Morgan fingerprint density at radius 2 is 1.65 bits per heavy atom. The number of piperidine rings is 1. The molecule has 4 aliphatic rings. The highest BCUT2D eigenvalue weighted by Crippen LogP contribution is 2.29. The Bertz CT molecular complexity index is 561. The second-order valence-electron chi connectivity index (χ2n) is 8.73. The zero-order valence-electron chi connectivity index (χ0n) is 15.6. The van der Waals surface area contributed by atoms with E-state index in [2.05, 4.69) is 5.32 Å². The van der Waals surface area contributed by atoms with Crippen molar-refractivity contribution in [3.8, 4) is 0 Å². The minimum atomic E-state index is -0.174. The molecule has 0 aromatic carbocycles. The zero-order valence-corrected chi connectivity index (χ0v) is 15.6. The molecule has 1 atom stereocenters. The lowest BCUT2D eigenvalue weighted by Crippen LogP contribution is -2.44. The molecule has 2 saturated carbocycles. The first-order chi connectivity index (χ1) is 12.6. The Hall–Kier alpha value is -1.59. The van der Waals surface area contributed by atoms with Crippen LogP contribution in [0.5, 0.6) is 0 Å². The monoisotopic (exact) mass is 361 g/mol. The van der Waals surface area contributed by atoms with Gasteiger partial charge in [-0.2, -0.15) is 0 Å². The number of hydrogen-bond acceptors (Lipinski definition) is 3. The van der Waals surface area contributed by atoms with E-state index in [1.54, 1.807) is 0 Å². The van der Waals surface area contributed by atoms with Crippen LogP contribution in [-0.2, 0) is 14.4 Å². The fourth-order valence-corrected chi connectivity index (χ4v) is 4.75. The SMILES string of the molecule is O=C(NC1CC1)C1CC(=O)N(CC2CCN(C(=O)C3CCCC3)CC2)C1. The molecule has 6 heteroatoms. The predicted octanol–water partition coefficient (Wildman–Crippen LogP) is 1.54. The van der Waals surface area contributed by atoms with Crippen molar-refractivity contribution in [3.05, 3.63) is 0 Å². The average Bonchev–Trinajstić information content (AvgIpc) is 3.15. The first-order valence-corrected chi connectivity index (χ1v) is 10.5. The molecule has 2 saturated heterocycles. The summed E-state index contributed by atoms with van der Waals surface area (Å²) in [5, 5.41) is 3.02. The van der Waals surface area contributed by atoms with Crippen LogP contribution in [0.2, 0.25) is 0 Å². The molecule has 0 bridgehead atoms. The zero-order chi connectivity index (χ0) is 18.1. The predicted molar refractivity (Wildman–Crippen MR) is 97.1 cm³/mol. The number of nitrogens with zero attached hydrogens (tertiary/aromatic N) is 2. The van der Waals surface area contributed by atoms with Crippen molar-refractivity contribution in [2.24, 2.45) is 17.8 Å². The van der Waals surface area contributed by atoms with Crippen LogP contribution in [-0.4, -0.2) is 59.7 Å². The van der Waals surface area contributed by atoms with Crippen LogP contribution < -0.4 is 5.32 Å². The van der Waals surface area contributed by atoms with Gasteiger partial charge in [0, 0.05) is 44.6 Å². The van der Waals surface area contributed by atoms with Crippen LogP contribution >= 0.6 is 0 Å². The summed E-state index contributed by atoms with van der Waals surface area (Å²) in [4.78, 5) is 40.9. The molecular weight excluding hydrogens is 330 g/mol. The van der Waals surface area contributed by atoms with Gasteiger partial charge in [0.2, 0.25) is 17.7 Å². The van der Waals surface area contributed by atoms with Crippen molar-refractivity contribution in [2.45, 2.75) is 63.8 Å². The summed E-state index contributed by atoms with van der Waals surface area (Å²) in [6.07, 6.45) is 8.97. The largest absolute Gasteiger partial charge is 0.353 e. The van der Waals surface area contributed by atoms with Crippen LogP contribution in [0.3, 0.4) is 0 Å². The van der Waals surface area contributed by atoms with Crippen molar-refractivity contribution in [1.29, 1.82) is 0 Å². The van der Waals surface area contributed by atoms with Crippen molar-refractivity contribution < 1.29 is 14.4 Å². The Morgan fingerprint density at radius 3 is 2.31 bits per heavy atom. The highest BCUT2D eigenvalue weighted by atomic mass is 16.2. The van der Waals surface area contributed by atoms with E-state index in [1.165, 1.54) is 12.8 Å². The standard InChI is InChI=1S/C20H31N3O3/c24-18-11-16(19(25)21-17-5-6-17)13-23(18)12-14-7-9-22(10-8-14)20(26)15-3-1-2-4-15/h14-17H,1-13H2,(H,21,25). The lowest BCUT2D eigenvalue weighted by molar-refractivity contribution is -0.137. The average molecular weight is 361 g/mol. The third-order valence-electron chi connectivity index (χ3n) is 6.62. The number of amides is 3. The molecule has 6 nitrogen and oxygen atoms in total. The van der Waals surface area contributed by atoms with Gasteiger partial charge in [0.1, 0.15) is 0 Å². The van der Waals surface area contributed by atoms with E-state index in [4.69, 9.17) is 0 Å². The van der Waals surface area contributed by atoms with Gasteiger partial charge in [0.25, 0.3) is 0 Å². The fourth-order valence-electron chi connectivity index (χ4n) is 4.75. The van der Waals surface area contributed by atoms with E-state index in [-0.39, 0.29) is 23.7 Å². The van der Waals surface area contributed by atoms with Gasteiger partial charge in [-0.3, -0.25) is 14.4 Å². The maximum Gasteiger partial charge on any atom is 0.225 e. The van der Waals surface area contributed by atoms with Crippen LogP contribution in [0.4, 0.5) is 0 Å². The number of rotatable bonds is 5. The molecule has 0 aromatic rings. The molecule has 2 aliphatic heterocycles. The van der Waals surface area contributed by atoms with Crippen molar-refractivity contribution in [1.82, 2.24) is 15.1 Å². The van der Waals surface area contributed by atoms with Gasteiger partial charge in [0.05, 0.1) is 5.92 Å². The Morgan fingerprint density at radius 1 is 0.962 bits per heavy atom. The van der Waals surface area contributed by atoms with Gasteiger partial charge in [-0.25, -0.2) is 0 Å². The van der Waals surface area contributed by atoms with Crippen molar-refractivity contribution in [2.75, 3.05) is 26.2 Å². The molecule has 1 unspecified atom stereocenters. The molecule has 0 radical (unpaired) electrons. The van der Waals surface area contributed by atoms with E-state index in [9.17, 15) is 14.4 Å². The lowest BCUT2D eigenvalue weighted by atomic mass is 9.94. The summed E-state index contributed by atoms with van der Waals surface area (Å²) in [6, 6.07) is 0.355. The molecule has 144 valence electrons. The summed E-state index contributed by atoms with van der Waals surface area (Å²) < 4.78 is 0. The van der Waals surface area contributed by atoms with Crippen molar-refractivity contribution in [3.63, 3.8) is 0 Å². The number of hydrogen-bond donors (Lipinski definition) is 1.